The average Bonchev–Trinajstić information content (AvgIpc) is 2.63. The Bertz CT molecular complexity index is 789. The van der Waals surface area contributed by atoms with Crippen LogP contribution in [-0.4, -0.2) is 19.6 Å². The van der Waals surface area contributed by atoms with Crippen LogP contribution >= 0.6 is 0 Å². The van der Waals surface area contributed by atoms with Gasteiger partial charge in [0.2, 0.25) is 0 Å². The average molecular weight is 381 g/mol. The van der Waals surface area contributed by atoms with E-state index in [0.717, 1.165) is 0 Å². The summed E-state index contributed by atoms with van der Waals surface area (Å²) in [6.07, 6.45) is -4.66. The van der Waals surface area contributed by atoms with Gasteiger partial charge in [0.1, 0.15) is 12.4 Å². The normalized spacial score (nSPS) is 11.3. The summed E-state index contributed by atoms with van der Waals surface area (Å²) in [5.74, 6) is -0.525. The third-order valence-corrected chi connectivity index (χ3v) is 4.04. The van der Waals surface area contributed by atoms with E-state index < -0.39 is 24.3 Å². The van der Waals surface area contributed by atoms with Crippen molar-refractivity contribution in [2.75, 3.05) is 13.7 Å². The molecule has 0 fully saturated rings. The minimum absolute atomic E-state index is 0.0620. The van der Waals surface area contributed by atoms with Crippen molar-refractivity contribution in [3.8, 4) is 16.9 Å². The molecule has 7 heteroatoms. The van der Waals surface area contributed by atoms with E-state index in [1.165, 1.54) is 14.0 Å². The standard InChI is InChI=1S/C20H22F3NO3/c1-4-24-11-15-10-17(26-3)18(14-8-6-5-7-9-14)19(20(21,22)23)16(15)12-27-13(2)25/h5-10,24H,4,11-12H2,1-3H3. The summed E-state index contributed by atoms with van der Waals surface area (Å²) in [4.78, 5) is 11.2. The molecule has 1 N–H and O–H groups in total. The molecule has 0 atom stereocenters. The highest BCUT2D eigenvalue weighted by atomic mass is 19.4. The van der Waals surface area contributed by atoms with Gasteiger partial charge in [0.15, 0.2) is 0 Å². The second kappa shape index (κ2) is 8.90. The van der Waals surface area contributed by atoms with Crippen molar-refractivity contribution in [1.82, 2.24) is 5.32 Å². The molecule has 2 aromatic rings. The highest BCUT2D eigenvalue weighted by Crippen LogP contribution is 2.45. The molecule has 0 saturated carbocycles. The van der Waals surface area contributed by atoms with E-state index in [2.05, 4.69) is 5.32 Å². The molecule has 0 amide bonds. The van der Waals surface area contributed by atoms with E-state index in [1.54, 1.807) is 36.4 Å². The third-order valence-electron chi connectivity index (χ3n) is 4.04. The van der Waals surface area contributed by atoms with Crippen molar-refractivity contribution in [1.29, 1.82) is 0 Å². The number of esters is 1. The largest absolute Gasteiger partial charge is 0.496 e. The van der Waals surface area contributed by atoms with E-state index in [1.807, 2.05) is 6.92 Å². The van der Waals surface area contributed by atoms with Gasteiger partial charge in [0, 0.05) is 24.6 Å². The first-order valence-corrected chi connectivity index (χ1v) is 8.49. The molecule has 2 rings (SSSR count). The smallest absolute Gasteiger partial charge is 0.417 e. The summed E-state index contributed by atoms with van der Waals surface area (Å²) in [6.45, 7) is 3.33. The van der Waals surface area contributed by atoms with Gasteiger partial charge in [0.05, 0.1) is 12.7 Å². The second-order valence-corrected chi connectivity index (χ2v) is 5.89. The van der Waals surface area contributed by atoms with E-state index in [-0.39, 0.29) is 23.4 Å². The number of carbonyl (C=O) groups excluding carboxylic acids is 1. The van der Waals surface area contributed by atoms with Crippen LogP contribution in [0.1, 0.15) is 30.5 Å². The van der Waals surface area contributed by atoms with Gasteiger partial charge in [-0.05, 0) is 23.7 Å². The number of rotatable bonds is 7. The van der Waals surface area contributed by atoms with Crippen LogP contribution in [0.25, 0.3) is 11.1 Å². The summed E-state index contributed by atoms with van der Waals surface area (Å²) in [6, 6.07) is 9.79. The van der Waals surface area contributed by atoms with E-state index >= 15 is 0 Å². The van der Waals surface area contributed by atoms with Crippen molar-refractivity contribution < 1.29 is 27.4 Å². The maximum atomic E-state index is 14.1. The lowest BCUT2D eigenvalue weighted by molar-refractivity contribution is -0.145. The zero-order chi connectivity index (χ0) is 20.0. The Morgan fingerprint density at radius 1 is 1.19 bits per heavy atom. The Kier molecular flexibility index (Phi) is 6.85. The molecule has 0 aliphatic heterocycles. The number of halogens is 3. The lowest BCUT2D eigenvalue weighted by Crippen LogP contribution is -2.20. The minimum atomic E-state index is -4.66. The number of alkyl halides is 3. The Labute approximate surface area is 156 Å². The maximum Gasteiger partial charge on any atom is 0.417 e. The van der Waals surface area contributed by atoms with Crippen LogP contribution in [0.2, 0.25) is 0 Å². The number of ether oxygens (including phenoxy) is 2. The first-order valence-electron chi connectivity index (χ1n) is 8.49. The van der Waals surface area contributed by atoms with Gasteiger partial charge in [-0.2, -0.15) is 13.2 Å². The Morgan fingerprint density at radius 2 is 1.85 bits per heavy atom. The van der Waals surface area contributed by atoms with E-state index in [9.17, 15) is 18.0 Å². The molecule has 27 heavy (non-hydrogen) atoms. The van der Waals surface area contributed by atoms with Crippen molar-refractivity contribution in [2.24, 2.45) is 0 Å². The van der Waals surface area contributed by atoms with Crippen molar-refractivity contribution in [3.63, 3.8) is 0 Å². The summed E-state index contributed by atoms with van der Waals surface area (Å²) in [5, 5.41) is 3.02. The minimum Gasteiger partial charge on any atom is -0.496 e. The van der Waals surface area contributed by atoms with Crippen LogP contribution in [0.15, 0.2) is 36.4 Å². The maximum absolute atomic E-state index is 14.1. The summed E-state index contributed by atoms with van der Waals surface area (Å²) >= 11 is 0. The molecule has 0 aromatic heterocycles. The number of carbonyl (C=O) groups is 1. The Balaban J connectivity index is 2.81. The third kappa shape index (κ3) is 5.01. The fourth-order valence-electron chi connectivity index (χ4n) is 2.87. The predicted molar refractivity (Wildman–Crippen MR) is 96.3 cm³/mol. The van der Waals surface area contributed by atoms with Gasteiger partial charge in [0.25, 0.3) is 0 Å². The molecule has 0 heterocycles. The van der Waals surface area contributed by atoms with Gasteiger partial charge in [-0.1, -0.05) is 37.3 Å². The van der Waals surface area contributed by atoms with Crippen LogP contribution in [0.5, 0.6) is 5.75 Å². The molecule has 0 aliphatic carbocycles. The highest BCUT2D eigenvalue weighted by Gasteiger charge is 2.39. The van der Waals surface area contributed by atoms with Crippen molar-refractivity contribution >= 4 is 5.97 Å². The molecule has 0 spiro atoms. The molecule has 2 aromatic carbocycles. The molecule has 0 saturated heterocycles. The summed E-state index contributed by atoms with van der Waals surface area (Å²) in [7, 11) is 1.34. The first-order chi connectivity index (χ1) is 12.8. The number of nitrogens with one attached hydrogen (secondary N) is 1. The lowest BCUT2D eigenvalue weighted by Gasteiger charge is -2.23. The van der Waals surface area contributed by atoms with Crippen LogP contribution in [0.3, 0.4) is 0 Å². The lowest BCUT2D eigenvalue weighted by atomic mass is 9.90. The van der Waals surface area contributed by atoms with Crippen LogP contribution < -0.4 is 10.1 Å². The SMILES string of the molecule is CCNCc1cc(OC)c(-c2ccccc2)c(C(F)(F)F)c1COC(C)=O. The number of hydrogen-bond acceptors (Lipinski definition) is 4. The van der Waals surface area contributed by atoms with Gasteiger partial charge in [-0.25, -0.2) is 0 Å². The Morgan fingerprint density at radius 3 is 2.37 bits per heavy atom. The molecule has 0 unspecified atom stereocenters. The molecular formula is C20H22F3NO3. The molecule has 0 aliphatic rings. The van der Waals surface area contributed by atoms with Gasteiger partial charge in [-0.3, -0.25) is 4.79 Å². The number of hydrogen-bond donors (Lipinski definition) is 1. The molecule has 0 radical (unpaired) electrons. The first kappa shape index (κ1) is 20.8. The number of methoxy groups -OCH3 is 1. The fraction of sp³-hybridized carbons (Fsp3) is 0.350. The fourth-order valence-corrected chi connectivity index (χ4v) is 2.87. The molecule has 146 valence electrons. The second-order valence-electron chi connectivity index (χ2n) is 5.89. The number of benzene rings is 2. The van der Waals surface area contributed by atoms with Crippen LogP contribution in [0, 0.1) is 0 Å². The van der Waals surface area contributed by atoms with Crippen molar-refractivity contribution in [3.05, 3.63) is 53.1 Å². The quantitative estimate of drug-likeness (QED) is 0.715. The molecular weight excluding hydrogens is 359 g/mol. The van der Waals surface area contributed by atoms with E-state index in [0.29, 0.717) is 17.7 Å². The van der Waals surface area contributed by atoms with Gasteiger partial charge < -0.3 is 14.8 Å². The van der Waals surface area contributed by atoms with Crippen LogP contribution in [-0.2, 0) is 28.9 Å². The zero-order valence-corrected chi connectivity index (χ0v) is 15.4. The van der Waals surface area contributed by atoms with E-state index in [4.69, 9.17) is 9.47 Å². The monoisotopic (exact) mass is 381 g/mol. The topological polar surface area (TPSA) is 47.6 Å². The Hall–Kier alpha value is -2.54. The highest BCUT2D eigenvalue weighted by molar-refractivity contribution is 5.77. The van der Waals surface area contributed by atoms with Crippen LogP contribution in [0.4, 0.5) is 13.2 Å². The summed E-state index contributed by atoms with van der Waals surface area (Å²) in [5.41, 5.74) is -0.226. The van der Waals surface area contributed by atoms with Gasteiger partial charge in [-0.15, -0.1) is 0 Å². The molecule has 0 bridgehead atoms. The zero-order valence-electron chi connectivity index (χ0n) is 15.4. The molecule has 4 nitrogen and oxygen atoms in total. The van der Waals surface area contributed by atoms with Crippen molar-refractivity contribution in [2.45, 2.75) is 33.2 Å². The predicted octanol–water partition coefficient (Wildman–Crippen LogP) is 4.55. The summed E-state index contributed by atoms with van der Waals surface area (Å²) < 4.78 is 52.6. The van der Waals surface area contributed by atoms with Gasteiger partial charge >= 0.3 is 12.1 Å².